The first kappa shape index (κ1) is 70.7. The first-order chi connectivity index (χ1) is 35.4. The minimum Gasteiger partial charge on any atom is -0.377 e. The summed E-state index contributed by atoms with van der Waals surface area (Å²) in [5.41, 5.74) is 0. The van der Waals surface area contributed by atoms with Crippen molar-refractivity contribution in [2.45, 2.75) is 272 Å². The Bertz CT molecular complexity index is 1270. The van der Waals surface area contributed by atoms with Crippen molar-refractivity contribution in [3.63, 3.8) is 0 Å². The molecule has 73 heavy (non-hydrogen) atoms. The van der Waals surface area contributed by atoms with E-state index >= 15 is 0 Å². The molecular weight excluding hydrogens is 913 g/mol. The molecule has 0 aliphatic heterocycles. The molecule has 0 saturated heterocycles. The van der Waals surface area contributed by atoms with Gasteiger partial charge in [0, 0.05) is 39.0 Å². The van der Waals surface area contributed by atoms with Crippen LogP contribution in [0.4, 0.5) is 0 Å². The number of ether oxygens (including phenoxy) is 2. The molecule has 0 heterocycles. The summed E-state index contributed by atoms with van der Waals surface area (Å²) in [5, 5.41) is 9.26. The van der Waals surface area contributed by atoms with Crippen LogP contribution in [-0.2, 0) is 28.7 Å². The summed E-state index contributed by atoms with van der Waals surface area (Å²) in [7, 11) is 5.98. The summed E-state index contributed by atoms with van der Waals surface area (Å²) >= 11 is 0. The third-order valence-corrected chi connectivity index (χ3v) is 14.4. The zero-order valence-corrected chi connectivity index (χ0v) is 49.7. The lowest BCUT2D eigenvalue weighted by molar-refractivity contribution is -0.142. The highest BCUT2D eigenvalue weighted by Gasteiger charge is 2.33. The third-order valence-electron chi connectivity index (χ3n) is 14.4. The molecule has 3 N–H and O–H groups in total. The molecule has 0 bridgehead atoms. The monoisotopic (exact) mass is 1030 g/mol. The number of carbonyl (C=O) groups is 4. The highest BCUT2D eigenvalue weighted by Crippen LogP contribution is 2.20. The quantitative estimate of drug-likeness (QED) is 0.0513. The van der Waals surface area contributed by atoms with Gasteiger partial charge < -0.3 is 40.1 Å². The van der Waals surface area contributed by atoms with E-state index < -0.39 is 12.1 Å². The second-order valence-corrected chi connectivity index (χ2v) is 22.4. The fourth-order valence-corrected chi connectivity index (χ4v) is 10.0. The standard InChI is InChI=1S/C61H122N6O6/c1-10-12-14-16-18-20-22-24-26-28-30-32-34-36-38-42-56(68)66(48-40-44-62-7)58(54(3)4)60(70)63-45-50-72-52-53-73-51-46-64-61(71)59(55(5)6)67(49-41-47-65(8)9)57(69)43-39-37-35-33-31-29-27-25-23-21-19-17-15-13-11-2/h54-55,58-59,62H,10-53H2,1-9H3,(H,63,70)(H,64,71). The second kappa shape index (κ2) is 51.8. The molecular formula is C61H122N6O6. The molecule has 0 rings (SSSR count). The van der Waals surface area contributed by atoms with Crippen LogP contribution in [-0.4, -0.2) is 137 Å². The van der Waals surface area contributed by atoms with Gasteiger partial charge in [0.25, 0.3) is 0 Å². The molecule has 0 saturated carbocycles. The number of nitrogens with one attached hydrogen (secondary N) is 3. The van der Waals surface area contributed by atoms with E-state index in [4.69, 9.17) is 9.47 Å². The van der Waals surface area contributed by atoms with Gasteiger partial charge in [0.1, 0.15) is 12.1 Å². The average molecular weight is 1040 g/mol. The molecule has 0 aromatic rings. The van der Waals surface area contributed by atoms with Gasteiger partial charge in [0.05, 0.1) is 26.4 Å². The van der Waals surface area contributed by atoms with Crippen molar-refractivity contribution < 1.29 is 28.7 Å². The van der Waals surface area contributed by atoms with Crippen molar-refractivity contribution in [1.82, 2.24) is 30.7 Å². The lowest BCUT2D eigenvalue weighted by Crippen LogP contribution is -2.53. The van der Waals surface area contributed by atoms with Gasteiger partial charge in [-0.3, -0.25) is 19.2 Å². The largest absolute Gasteiger partial charge is 0.377 e. The maximum Gasteiger partial charge on any atom is 0.243 e. The van der Waals surface area contributed by atoms with Crippen molar-refractivity contribution in [3.05, 3.63) is 0 Å². The molecule has 0 radical (unpaired) electrons. The molecule has 0 aromatic heterocycles. The summed E-state index contributed by atoms with van der Waals surface area (Å²) in [5.74, 6) is -0.177. The topological polar surface area (TPSA) is 133 Å². The fourth-order valence-electron chi connectivity index (χ4n) is 10.0. The number of unbranched alkanes of at least 4 members (excludes halogenated alkanes) is 28. The Morgan fingerprint density at radius 2 is 0.685 bits per heavy atom. The normalized spacial score (nSPS) is 12.5. The Labute approximate surface area is 451 Å². The third kappa shape index (κ3) is 41.6. The van der Waals surface area contributed by atoms with Crippen LogP contribution in [0, 0.1) is 11.8 Å². The van der Waals surface area contributed by atoms with E-state index in [1.165, 1.54) is 161 Å². The highest BCUT2D eigenvalue weighted by molar-refractivity contribution is 5.88. The Balaban J connectivity index is 4.64. The van der Waals surface area contributed by atoms with Gasteiger partial charge in [-0.2, -0.15) is 0 Å². The predicted molar refractivity (Wildman–Crippen MR) is 309 cm³/mol. The van der Waals surface area contributed by atoms with E-state index in [0.717, 1.165) is 58.0 Å². The minimum atomic E-state index is -0.531. The van der Waals surface area contributed by atoms with Crippen molar-refractivity contribution in [1.29, 1.82) is 0 Å². The summed E-state index contributed by atoms with van der Waals surface area (Å²) in [4.78, 5) is 60.3. The van der Waals surface area contributed by atoms with Gasteiger partial charge in [-0.1, -0.05) is 221 Å². The first-order valence-electron chi connectivity index (χ1n) is 31.0. The van der Waals surface area contributed by atoms with Crippen LogP contribution in [0.25, 0.3) is 0 Å². The summed E-state index contributed by atoms with van der Waals surface area (Å²) < 4.78 is 11.6. The zero-order chi connectivity index (χ0) is 54.0. The Morgan fingerprint density at radius 1 is 0.384 bits per heavy atom. The van der Waals surface area contributed by atoms with Crippen LogP contribution < -0.4 is 16.0 Å². The van der Waals surface area contributed by atoms with Crippen molar-refractivity contribution in [2.24, 2.45) is 11.8 Å². The maximum absolute atomic E-state index is 13.7. The molecule has 12 heteroatoms. The van der Waals surface area contributed by atoms with Gasteiger partial charge in [0.2, 0.25) is 23.6 Å². The SMILES string of the molecule is CCCCCCCCCCCCCCCCCC(=O)N(CCCNC)C(C(=O)NCCOCCOCCNC(=O)C(C(C)C)N(CCCN(C)C)C(=O)CCCCCCCCCCCCCCCCC)C(C)C. The van der Waals surface area contributed by atoms with Gasteiger partial charge >= 0.3 is 0 Å². The molecule has 432 valence electrons. The predicted octanol–water partition coefficient (Wildman–Crippen LogP) is 13.0. The average Bonchev–Trinajstić information content (AvgIpc) is 3.35. The highest BCUT2D eigenvalue weighted by atomic mass is 16.5. The van der Waals surface area contributed by atoms with E-state index in [0.29, 0.717) is 65.4 Å². The minimum absolute atomic E-state index is 0.0272. The number of hydrogen-bond acceptors (Lipinski definition) is 8. The number of rotatable bonds is 55. The molecule has 0 aliphatic rings. The van der Waals surface area contributed by atoms with Gasteiger partial charge in [-0.15, -0.1) is 0 Å². The molecule has 0 aromatic carbocycles. The molecule has 2 atom stereocenters. The smallest absolute Gasteiger partial charge is 0.243 e. The van der Waals surface area contributed by atoms with Crippen LogP contribution in [0.5, 0.6) is 0 Å². The lowest BCUT2D eigenvalue weighted by atomic mass is 9.99. The number of nitrogens with zero attached hydrogens (tertiary/aromatic N) is 3. The molecule has 0 spiro atoms. The van der Waals surface area contributed by atoms with Crippen LogP contribution in [0.3, 0.4) is 0 Å². The van der Waals surface area contributed by atoms with Crippen molar-refractivity contribution in [3.8, 4) is 0 Å². The fraction of sp³-hybridized carbons (Fsp3) is 0.934. The van der Waals surface area contributed by atoms with Gasteiger partial charge in [-0.05, 0) is 71.8 Å². The van der Waals surface area contributed by atoms with Crippen LogP contribution >= 0.6 is 0 Å². The second-order valence-electron chi connectivity index (χ2n) is 22.4. The Kier molecular flexibility index (Phi) is 50.2. The van der Waals surface area contributed by atoms with Crippen molar-refractivity contribution >= 4 is 23.6 Å². The van der Waals surface area contributed by atoms with Crippen LogP contribution in [0.1, 0.15) is 260 Å². The van der Waals surface area contributed by atoms with Gasteiger partial charge in [-0.25, -0.2) is 0 Å². The number of hydrogen-bond donors (Lipinski definition) is 3. The molecule has 0 aliphatic carbocycles. The number of amides is 4. The summed E-state index contributed by atoms with van der Waals surface area (Å²) in [6, 6.07) is -1.06. The molecule has 0 fully saturated rings. The van der Waals surface area contributed by atoms with E-state index in [9.17, 15) is 19.2 Å². The molecule has 4 amide bonds. The Morgan fingerprint density at radius 3 is 0.973 bits per heavy atom. The zero-order valence-electron chi connectivity index (χ0n) is 49.7. The Hall–Kier alpha value is -2.28. The summed E-state index contributed by atoms with van der Waals surface area (Å²) in [6.45, 7) is 17.4. The first-order valence-corrected chi connectivity index (χ1v) is 31.0. The van der Waals surface area contributed by atoms with Crippen LogP contribution in [0.2, 0.25) is 0 Å². The van der Waals surface area contributed by atoms with Crippen LogP contribution in [0.15, 0.2) is 0 Å². The van der Waals surface area contributed by atoms with E-state index in [2.05, 4.69) is 34.7 Å². The maximum atomic E-state index is 13.7. The van der Waals surface area contributed by atoms with E-state index in [1.54, 1.807) is 0 Å². The van der Waals surface area contributed by atoms with E-state index in [1.807, 2.05) is 58.6 Å². The molecule has 2 unspecified atom stereocenters. The summed E-state index contributed by atoms with van der Waals surface area (Å²) in [6.07, 6.45) is 41.2. The molecule has 12 nitrogen and oxygen atoms in total. The van der Waals surface area contributed by atoms with Crippen molar-refractivity contribution in [2.75, 3.05) is 86.8 Å². The number of carbonyl (C=O) groups excluding carboxylic acids is 4. The lowest BCUT2D eigenvalue weighted by Gasteiger charge is -2.34. The van der Waals surface area contributed by atoms with Gasteiger partial charge in [0.15, 0.2) is 0 Å². The van der Waals surface area contributed by atoms with E-state index in [-0.39, 0.29) is 35.5 Å².